The second-order valence-corrected chi connectivity index (χ2v) is 17.6. The van der Waals surface area contributed by atoms with E-state index in [0.29, 0.717) is 0 Å². The van der Waals surface area contributed by atoms with E-state index < -0.39 is 0 Å². The average Bonchev–Trinajstić information content (AvgIpc) is 3.71. The highest BCUT2D eigenvalue weighted by Crippen LogP contribution is 2.47. The number of benzene rings is 10. The minimum Gasteiger partial charge on any atom is -0.309 e. The molecule has 1 heterocycles. The van der Waals surface area contributed by atoms with E-state index >= 15 is 0 Å². The van der Waals surface area contributed by atoms with Crippen molar-refractivity contribution in [3.8, 4) is 61.3 Å². The molecule has 11 aromatic rings. The van der Waals surface area contributed by atoms with E-state index in [-0.39, 0.29) is 5.92 Å². The van der Waals surface area contributed by atoms with Crippen molar-refractivity contribution < 1.29 is 0 Å². The fourth-order valence-corrected chi connectivity index (χ4v) is 10.6. The second kappa shape index (κ2) is 16.3. The minimum atomic E-state index is 0.199. The summed E-state index contributed by atoms with van der Waals surface area (Å²) in [5.41, 5.74) is 24.4. The van der Waals surface area contributed by atoms with E-state index in [9.17, 15) is 0 Å². The number of hydrogen-bond acceptors (Lipinski definition) is 0. The van der Waals surface area contributed by atoms with Crippen LogP contribution in [0.15, 0.2) is 237 Å². The van der Waals surface area contributed by atoms with Crippen LogP contribution in [0.2, 0.25) is 0 Å². The van der Waals surface area contributed by atoms with Crippen LogP contribution >= 0.6 is 0 Å². The van der Waals surface area contributed by atoms with Gasteiger partial charge in [0.1, 0.15) is 0 Å². The van der Waals surface area contributed by atoms with Crippen molar-refractivity contribution in [2.24, 2.45) is 0 Å². The Morgan fingerprint density at radius 1 is 0.385 bits per heavy atom. The molecule has 308 valence electrons. The number of nitrogens with zero attached hydrogens (tertiary/aromatic N) is 1. The van der Waals surface area contributed by atoms with Gasteiger partial charge in [-0.2, -0.15) is 0 Å². The normalized spacial score (nSPS) is 13.2. The van der Waals surface area contributed by atoms with Gasteiger partial charge >= 0.3 is 0 Å². The summed E-state index contributed by atoms with van der Waals surface area (Å²) in [7, 11) is 0. The first-order valence-electron chi connectivity index (χ1n) is 22.9. The van der Waals surface area contributed by atoms with Gasteiger partial charge in [0, 0.05) is 22.4 Å². The zero-order valence-corrected chi connectivity index (χ0v) is 36.5. The molecule has 0 radical (unpaired) electrons. The number of fused-ring (bicyclic) bond motifs is 6. The molecule has 10 aromatic carbocycles. The highest BCUT2D eigenvalue weighted by atomic mass is 15.0. The number of aromatic nitrogens is 1. The fraction of sp³-hybridized carbons (Fsp3) is 0.0625. The van der Waals surface area contributed by atoms with Crippen molar-refractivity contribution in [2.75, 3.05) is 0 Å². The summed E-state index contributed by atoms with van der Waals surface area (Å²) in [4.78, 5) is 0. The third kappa shape index (κ3) is 6.98. The summed E-state index contributed by atoms with van der Waals surface area (Å²) < 4.78 is 2.41. The van der Waals surface area contributed by atoms with Crippen LogP contribution in [-0.2, 0) is 12.8 Å². The largest absolute Gasteiger partial charge is 0.309 e. The first-order chi connectivity index (χ1) is 32.1. The Labute approximate surface area is 381 Å². The number of hydrogen-bond donors (Lipinski definition) is 0. The maximum Gasteiger partial charge on any atom is 0.0541 e. The van der Waals surface area contributed by atoms with E-state index in [2.05, 4.69) is 248 Å². The molecule has 1 heteroatoms. The number of aryl methyl sites for hydroxylation is 1. The summed E-state index contributed by atoms with van der Waals surface area (Å²) in [5.74, 6) is 0.199. The summed E-state index contributed by atoms with van der Waals surface area (Å²) in [6, 6.07) is 87.7. The molecule has 65 heavy (non-hydrogen) atoms. The molecular weight excluding hydrogens is 783 g/mol. The van der Waals surface area contributed by atoms with Crippen LogP contribution in [0.3, 0.4) is 0 Å². The van der Waals surface area contributed by atoms with Crippen LogP contribution in [0, 0.1) is 6.92 Å². The molecule has 0 unspecified atom stereocenters. The van der Waals surface area contributed by atoms with Crippen molar-refractivity contribution in [3.05, 3.63) is 270 Å². The van der Waals surface area contributed by atoms with E-state index in [1.54, 1.807) is 0 Å². The summed E-state index contributed by atoms with van der Waals surface area (Å²) in [6.07, 6.45) is 1.82. The van der Waals surface area contributed by atoms with Gasteiger partial charge in [-0.15, -0.1) is 0 Å². The zero-order valence-electron chi connectivity index (χ0n) is 36.5. The van der Waals surface area contributed by atoms with E-state index in [4.69, 9.17) is 0 Å². The van der Waals surface area contributed by atoms with Crippen LogP contribution in [0.5, 0.6) is 0 Å². The Bertz CT molecular complexity index is 3500. The Balaban J connectivity index is 0.909. The lowest BCUT2D eigenvalue weighted by molar-refractivity contribution is 0.795. The van der Waals surface area contributed by atoms with Crippen molar-refractivity contribution in [1.82, 2.24) is 4.57 Å². The molecule has 0 spiro atoms. The molecule has 0 bridgehead atoms. The quantitative estimate of drug-likeness (QED) is 0.144. The SMILES string of the molecule is Cc1ccc(-c2ccccc2[C@@H]2Cc3ccccc3-c3cc(-c4cccc(-n5c6ccccc6c6ccccc65)c4)ccc32)cc1-c1ccccc1Cc1ccc(-c2ccccc2)cc1. The van der Waals surface area contributed by atoms with E-state index in [0.717, 1.165) is 12.8 Å². The molecule has 1 nitrogen and oxygen atoms in total. The van der Waals surface area contributed by atoms with Gasteiger partial charge in [-0.1, -0.05) is 200 Å². The maximum atomic E-state index is 2.45. The molecule has 1 aromatic heterocycles. The van der Waals surface area contributed by atoms with E-state index in [1.165, 1.54) is 117 Å². The second-order valence-electron chi connectivity index (χ2n) is 17.6. The van der Waals surface area contributed by atoms with Gasteiger partial charge < -0.3 is 4.57 Å². The van der Waals surface area contributed by atoms with Gasteiger partial charge in [-0.05, 0) is 145 Å². The molecule has 0 saturated heterocycles. The Morgan fingerprint density at radius 2 is 0.954 bits per heavy atom. The summed E-state index contributed by atoms with van der Waals surface area (Å²) in [6.45, 7) is 2.25. The molecule has 1 atom stereocenters. The van der Waals surface area contributed by atoms with Crippen molar-refractivity contribution >= 4 is 21.8 Å². The first-order valence-corrected chi connectivity index (χ1v) is 22.9. The number of para-hydroxylation sites is 2. The molecular formula is C64H47N. The monoisotopic (exact) mass is 829 g/mol. The molecule has 0 aliphatic heterocycles. The van der Waals surface area contributed by atoms with Crippen LogP contribution in [0.1, 0.15) is 39.3 Å². The third-order valence-corrected chi connectivity index (χ3v) is 13.8. The predicted octanol–water partition coefficient (Wildman–Crippen LogP) is 16.7. The first kappa shape index (κ1) is 38.7. The minimum absolute atomic E-state index is 0.199. The third-order valence-electron chi connectivity index (χ3n) is 13.8. The fourth-order valence-electron chi connectivity index (χ4n) is 10.6. The lowest BCUT2D eigenvalue weighted by atomic mass is 9.73. The molecule has 0 fully saturated rings. The van der Waals surface area contributed by atoms with Crippen molar-refractivity contribution in [1.29, 1.82) is 0 Å². The molecule has 0 N–H and O–H groups in total. The van der Waals surface area contributed by atoms with Crippen LogP contribution in [0.4, 0.5) is 0 Å². The lowest BCUT2D eigenvalue weighted by Gasteiger charge is -2.30. The Kier molecular flexibility index (Phi) is 9.68. The summed E-state index contributed by atoms with van der Waals surface area (Å²) >= 11 is 0. The molecule has 1 aliphatic carbocycles. The maximum absolute atomic E-state index is 2.45. The van der Waals surface area contributed by atoms with Gasteiger partial charge in [0.15, 0.2) is 0 Å². The summed E-state index contributed by atoms with van der Waals surface area (Å²) in [5, 5.41) is 2.55. The van der Waals surface area contributed by atoms with Gasteiger partial charge in [-0.25, -0.2) is 0 Å². The average molecular weight is 830 g/mol. The zero-order chi connectivity index (χ0) is 43.3. The van der Waals surface area contributed by atoms with Crippen LogP contribution in [-0.4, -0.2) is 4.57 Å². The molecule has 0 saturated carbocycles. The lowest BCUT2D eigenvalue weighted by Crippen LogP contribution is -2.13. The molecule has 12 rings (SSSR count). The van der Waals surface area contributed by atoms with Gasteiger partial charge in [-0.3, -0.25) is 0 Å². The highest BCUT2D eigenvalue weighted by Gasteiger charge is 2.28. The van der Waals surface area contributed by atoms with Gasteiger partial charge in [0.25, 0.3) is 0 Å². The van der Waals surface area contributed by atoms with Crippen molar-refractivity contribution in [3.63, 3.8) is 0 Å². The molecule has 1 aliphatic rings. The van der Waals surface area contributed by atoms with E-state index in [1.807, 2.05) is 0 Å². The Hall–Kier alpha value is -8.00. The standard InChI is InChI=1S/C64H47N/c1-43-30-33-51(41-60(43)54-23-7-5-18-49(54)38-44-31-34-46(35-32-44)45-16-3-2-4-17-45)53-22-9-10-25-56(53)62-42-50-19-6-8-24-55(50)61-40-48(36-37-57(61)62)47-20-15-21-52(39-47)65-63-28-13-11-26-58(63)59-27-12-14-29-64(59)65/h2-37,39-41,62H,38,42H2,1H3/t62-/m0/s1. The van der Waals surface area contributed by atoms with Gasteiger partial charge in [0.2, 0.25) is 0 Å². The predicted molar refractivity (Wildman–Crippen MR) is 274 cm³/mol. The Morgan fingerprint density at radius 3 is 1.75 bits per heavy atom. The topological polar surface area (TPSA) is 4.93 Å². The highest BCUT2D eigenvalue weighted by molar-refractivity contribution is 6.09. The van der Waals surface area contributed by atoms with Crippen LogP contribution in [0.25, 0.3) is 83.1 Å². The molecule has 0 amide bonds. The van der Waals surface area contributed by atoms with Crippen LogP contribution < -0.4 is 0 Å². The smallest absolute Gasteiger partial charge is 0.0541 e. The van der Waals surface area contributed by atoms with Crippen molar-refractivity contribution in [2.45, 2.75) is 25.7 Å². The number of rotatable bonds is 8. The van der Waals surface area contributed by atoms with Gasteiger partial charge in [0.05, 0.1) is 11.0 Å².